The molecule has 0 bridgehead atoms. The van der Waals surface area contributed by atoms with Crippen molar-refractivity contribution in [1.29, 1.82) is 0 Å². The average Bonchev–Trinajstić information content (AvgIpc) is 2.55. The van der Waals surface area contributed by atoms with Gasteiger partial charge >= 0.3 is 0 Å². The Morgan fingerprint density at radius 2 is 1.67 bits per heavy atom. The molecular formula is C18H23NO2. The maximum atomic E-state index is 9.20. The molecule has 0 spiro atoms. The summed E-state index contributed by atoms with van der Waals surface area (Å²) in [7, 11) is 0. The molecule has 3 heteroatoms. The maximum absolute atomic E-state index is 9.20. The van der Waals surface area contributed by atoms with Gasteiger partial charge in [0.15, 0.2) is 0 Å². The number of ether oxygens (including phenoxy) is 1. The molecule has 1 atom stereocenters. The van der Waals surface area contributed by atoms with E-state index in [4.69, 9.17) is 4.74 Å². The van der Waals surface area contributed by atoms with Crippen molar-refractivity contribution in [2.24, 2.45) is 0 Å². The molecule has 0 saturated heterocycles. The van der Waals surface area contributed by atoms with E-state index < -0.39 is 0 Å². The van der Waals surface area contributed by atoms with Gasteiger partial charge in [-0.2, -0.15) is 0 Å². The number of hydrogen-bond donors (Lipinski definition) is 2. The summed E-state index contributed by atoms with van der Waals surface area (Å²) in [5.74, 6) is 0.864. The van der Waals surface area contributed by atoms with Gasteiger partial charge in [0, 0.05) is 6.04 Å². The van der Waals surface area contributed by atoms with E-state index in [0.717, 1.165) is 18.7 Å². The molecule has 0 radical (unpaired) electrons. The minimum absolute atomic E-state index is 0.110. The zero-order valence-electron chi connectivity index (χ0n) is 12.5. The Labute approximate surface area is 126 Å². The summed E-state index contributed by atoms with van der Waals surface area (Å²) in [5, 5.41) is 12.4. The van der Waals surface area contributed by atoms with Crippen LogP contribution >= 0.6 is 0 Å². The number of likely N-dealkylation sites (N-methyl/N-ethyl adjacent to an activating group) is 1. The van der Waals surface area contributed by atoms with E-state index in [1.807, 2.05) is 37.3 Å². The van der Waals surface area contributed by atoms with Crippen LogP contribution in [0.4, 0.5) is 0 Å². The summed E-state index contributed by atoms with van der Waals surface area (Å²) in [4.78, 5) is 0. The molecule has 112 valence electrons. The van der Waals surface area contributed by atoms with Crippen LogP contribution in [0.5, 0.6) is 5.75 Å². The van der Waals surface area contributed by atoms with Gasteiger partial charge in [0.1, 0.15) is 5.75 Å². The number of aliphatic hydroxyl groups is 1. The lowest BCUT2D eigenvalue weighted by Crippen LogP contribution is -2.33. The lowest BCUT2D eigenvalue weighted by atomic mass is 10.1. The van der Waals surface area contributed by atoms with Crippen molar-refractivity contribution in [2.45, 2.75) is 19.4 Å². The highest BCUT2D eigenvalue weighted by Gasteiger charge is 2.05. The van der Waals surface area contributed by atoms with E-state index >= 15 is 0 Å². The minimum Gasteiger partial charge on any atom is -0.494 e. The monoisotopic (exact) mass is 285 g/mol. The van der Waals surface area contributed by atoms with Gasteiger partial charge in [-0.3, -0.25) is 0 Å². The Bertz CT molecular complexity index is 511. The third-order valence-corrected chi connectivity index (χ3v) is 3.41. The fourth-order valence-electron chi connectivity index (χ4n) is 2.24. The molecule has 1 unspecified atom stereocenters. The van der Waals surface area contributed by atoms with Gasteiger partial charge in [-0.25, -0.2) is 0 Å². The second-order valence-corrected chi connectivity index (χ2v) is 4.96. The fraction of sp³-hybridized carbons (Fsp3) is 0.333. The number of hydrogen-bond acceptors (Lipinski definition) is 3. The molecule has 2 rings (SSSR count). The zero-order chi connectivity index (χ0) is 14.9. The second kappa shape index (κ2) is 8.45. The van der Waals surface area contributed by atoms with Gasteiger partial charge in [0.25, 0.3) is 0 Å². The molecule has 0 amide bonds. The highest BCUT2D eigenvalue weighted by atomic mass is 16.5. The van der Waals surface area contributed by atoms with Crippen LogP contribution in [0, 0.1) is 0 Å². The van der Waals surface area contributed by atoms with E-state index in [1.165, 1.54) is 11.1 Å². The summed E-state index contributed by atoms with van der Waals surface area (Å²) in [5.41, 5.74) is 2.39. The number of aliphatic hydroxyl groups excluding tert-OH is 1. The molecule has 0 aromatic heterocycles. The molecule has 21 heavy (non-hydrogen) atoms. The topological polar surface area (TPSA) is 41.5 Å². The van der Waals surface area contributed by atoms with Gasteiger partial charge in [0.2, 0.25) is 0 Å². The molecule has 0 aliphatic carbocycles. The minimum atomic E-state index is 0.110. The number of rotatable bonds is 8. The van der Waals surface area contributed by atoms with Crippen LogP contribution in [0.15, 0.2) is 54.6 Å². The van der Waals surface area contributed by atoms with E-state index in [-0.39, 0.29) is 12.6 Å². The van der Waals surface area contributed by atoms with Crippen LogP contribution in [-0.4, -0.2) is 30.9 Å². The quantitative estimate of drug-likeness (QED) is 0.783. The van der Waals surface area contributed by atoms with Crippen LogP contribution in [0.3, 0.4) is 0 Å². The van der Waals surface area contributed by atoms with Gasteiger partial charge in [0.05, 0.1) is 13.2 Å². The lowest BCUT2D eigenvalue weighted by molar-refractivity contribution is 0.210. The highest BCUT2D eigenvalue weighted by molar-refractivity contribution is 5.63. The Kier molecular flexibility index (Phi) is 6.25. The Morgan fingerprint density at radius 3 is 2.29 bits per heavy atom. The van der Waals surface area contributed by atoms with Crippen LogP contribution in [0.1, 0.15) is 13.3 Å². The summed E-state index contributed by atoms with van der Waals surface area (Å²) in [6.07, 6.45) is 0.796. The van der Waals surface area contributed by atoms with E-state index in [1.54, 1.807) is 0 Å². The van der Waals surface area contributed by atoms with Crippen molar-refractivity contribution in [3.05, 3.63) is 54.6 Å². The SMILES string of the molecule is CCNC(CO)CCOc1ccc(-c2ccccc2)cc1. The standard InChI is InChI=1S/C18H23NO2/c1-2-19-17(14-20)12-13-21-18-10-8-16(9-11-18)15-6-4-3-5-7-15/h3-11,17,19-20H,2,12-14H2,1H3. The first-order chi connectivity index (χ1) is 10.3. The third kappa shape index (κ3) is 4.88. The second-order valence-electron chi connectivity index (χ2n) is 4.96. The van der Waals surface area contributed by atoms with Crippen molar-refractivity contribution in [2.75, 3.05) is 19.8 Å². The van der Waals surface area contributed by atoms with Crippen molar-refractivity contribution in [3.8, 4) is 16.9 Å². The van der Waals surface area contributed by atoms with Crippen LogP contribution in [0.25, 0.3) is 11.1 Å². The molecular weight excluding hydrogens is 262 g/mol. The van der Waals surface area contributed by atoms with Crippen molar-refractivity contribution in [1.82, 2.24) is 5.32 Å². The largest absolute Gasteiger partial charge is 0.494 e. The fourth-order valence-corrected chi connectivity index (χ4v) is 2.24. The average molecular weight is 285 g/mol. The van der Waals surface area contributed by atoms with Crippen molar-refractivity contribution in [3.63, 3.8) is 0 Å². The molecule has 0 aliphatic rings. The summed E-state index contributed by atoms with van der Waals surface area (Å²) in [6, 6.07) is 18.5. The molecule has 0 fully saturated rings. The Morgan fingerprint density at radius 1 is 1.00 bits per heavy atom. The maximum Gasteiger partial charge on any atom is 0.119 e. The molecule has 0 heterocycles. The van der Waals surface area contributed by atoms with Crippen molar-refractivity contribution < 1.29 is 9.84 Å². The van der Waals surface area contributed by atoms with Gasteiger partial charge in [-0.05, 0) is 36.2 Å². The van der Waals surface area contributed by atoms with E-state index in [2.05, 4.69) is 29.6 Å². The first-order valence-electron chi connectivity index (χ1n) is 7.46. The third-order valence-electron chi connectivity index (χ3n) is 3.41. The van der Waals surface area contributed by atoms with E-state index in [0.29, 0.717) is 6.61 Å². The first kappa shape index (κ1) is 15.5. The van der Waals surface area contributed by atoms with E-state index in [9.17, 15) is 5.11 Å². The van der Waals surface area contributed by atoms with Crippen molar-refractivity contribution >= 4 is 0 Å². The van der Waals surface area contributed by atoms with Crippen LogP contribution < -0.4 is 10.1 Å². The summed E-state index contributed by atoms with van der Waals surface area (Å²) >= 11 is 0. The molecule has 0 saturated carbocycles. The number of benzene rings is 2. The van der Waals surface area contributed by atoms with Crippen LogP contribution in [-0.2, 0) is 0 Å². The van der Waals surface area contributed by atoms with Gasteiger partial charge < -0.3 is 15.2 Å². The van der Waals surface area contributed by atoms with Gasteiger partial charge in [-0.1, -0.05) is 49.4 Å². The predicted molar refractivity (Wildman–Crippen MR) is 86.5 cm³/mol. The molecule has 3 nitrogen and oxygen atoms in total. The smallest absolute Gasteiger partial charge is 0.119 e. The molecule has 2 N–H and O–H groups in total. The van der Waals surface area contributed by atoms with Crippen LogP contribution in [0.2, 0.25) is 0 Å². The predicted octanol–water partition coefficient (Wildman–Crippen LogP) is 3.09. The zero-order valence-corrected chi connectivity index (χ0v) is 12.5. The molecule has 0 aliphatic heterocycles. The normalized spacial score (nSPS) is 12.1. The lowest BCUT2D eigenvalue weighted by Gasteiger charge is -2.15. The Hall–Kier alpha value is -1.84. The molecule has 2 aromatic carbocycles. The first-order valence-corrected chi connectivity index (χ1v) is 7.46. The van der Waals surface area contributed by atoms with Gasteiger partial charge in [-0.15, -0.1) is 0 Å². The highest BCUT2D eigenvalue weighted by Crippen LogP contribution is 2.22. The molecule has 2 aromatic rings. The summed E-state index contributed by atoms with van der Waals surface area (Å²) < 4.78 is 5.72. The number of nitrogens with one attached hydrogen (secondary N) is 1. The Balaban J connectivity index is 1.85. The summed E-state index contributed by atoms with van der Waals surface area (Å²) in [6.45, 7) is 3.63.